The number of carbonyl (C=O) groups is 2. The molecule has 7 nitrogen and oxygen atoms in total. The average molecular weight is 389 g/mol. The average Bonchev–Trinajstić information content (AvgIpc) is 3.08. The minimum atomic E-state index is -0.163. The number of likely N-dealkylation sites (tertiary alicyclic amines) is 1. The summed E-state index contributed by atoms with van der Waals surface area (Å²) in [5.41, 5.74) is 0.925. The van der Waals surface area contributed by atoms with Gasteiger partial charge < -0.3 is 19.3 Å². The van der Waals surface area contributed by atoms with Crippen molar-refractivity contribution in [1.82, 2.24) is 9.88 Å². The Kier molecular flexibility index (Phi) is 4.90. The lowest BCUT2D eigenvalue weighted by Gasteiger charge is -2.41. The van der Waals surface area contributed by atoms with Crippen LogP contribution in [0.3, 0.4) is 0 Å². The summed E-state index contributed by atoms with van der Waals surface area (Å²) >= 11 is 1.64. The van der Waals surface area contributed by atoms with E-state index in [4.69, 9.17) is 9.47 Å². The molecule has 8 heteroatoms. The number of thiazole rings is 1. The third-order valence-corrected chi connectivity index (χ3v) is 6.52. The summed E-state index contributed by atoms with van der Waals surface area (Å²) in [7, 11) is 3.06. The molecule has 2 fully saturated rings. The van der Waals surface area contributed by atoms with Crippen molar-refractivity contribution >= 4 is 38.6 Å². The zero-order valence-electron chi connectivity index (χ0n) is 15.5. The zero-order chi connectivity index (χ0) is 19.0. The lowest BCUT2D eigenvalue weighted by Crippen LogP contribution is -2.56. The quantitative estimate of drug-likeness (QED) is 0.746. The highest BCUT2D eigenvalue weighted by Gasteiger charge is 2.38. The van der Waals surface area contributed by atoms with Crippen LogP contribution in [0.4, 0.5) is 5.13 Å². The molecule has 1 aromatic carbocycles. The number of aromatic nitrogens is 1. The Balaban J connectivity index is 1.33. The molecule has 1 amide bonds. The summed E-state index contributed by atoms with van der Waals surface area (Å²) < 4.78 is 11.2. The van der Waals surface area contributed by atoms with Gasteiger partial charge in [0.2, 0.25) is 5.91 Å². The van der Waals surface area contributed by atoms with E-state index in [2.05, 4.69) is 9.88 Å². The number of anilines is 1. The number of rotatable bonds is 4. The molecule has 0 atom stereocenters. The molecule has 0 bridgehead atoms. The van der Waals surface area contributed by atoms with Gasteiger partial charge in [0, 0.05) is 32.2 Å². The van der Waals surface area contributed by atoms with Crippen molar-refractivity contribution in [3.8, 4) is 5.75 Å². The van der Waals surface area contributed by atoms with Gasteiger partial charge in [0.25, 0.3) is 0 Å². The lowest BCUT2D eigenvalue weighted by molar-refractivity contribution is -0.149. The van der Waals surface area contributed by atoms with Crippen LogP contribution >= 0.6 is 11.3 Å². The van der Waals surface area contributed by atoms with E-state index in [1.165, 1.54) is 7.11 Å². The number of nitrogens with zero attached hydrogens (tertiary/aromatic N) is 3. The largest absolute Gasteiger partial charge is 0.497 e. The number of methoxy groups -OCH3 is 2. The summed E-state index contributed by atoms with van der Waals surface area (Å²) in [5.74, 6) is 0.769. The molecule has 0 unspecified atom stereocenters. The fourth-order valence-corrected chi connectivity index (χ4v) is 4.67. The molecule has 2 saturated heterocycles. The summed E-state index contributed by atoms with van der Waals surface area (Å²) in [6.07, 6.45) is 1.38. The molecule has 144 valence electrons. The highest BCUT2D eigenvalue weighted by molar-refractivity contribution is 7.22. The van der Waals surface area contributed by atoms with E-state index in [1.807, 2.05) is 23.1 Å². The van der Waals surface area contributed by atoms with Crippen LogP contribution in [0.1, 0.15) is 12.8 Å². The zero-order valence-corrected chi connectivity index (χ0v) is 16.3. The van der Waals surface area contributed by atoms with E-state index >= 15 is 0 Å². The van der Waals surface area contributed by atoms with Crippen molar-refractivity contribution < 1.29 is 19.1 Å². The minimum absolute atomic E-state index is 0.0150. The van der Waals surface area contributed by atoms with Gasteiger partial charge in [-0.15, -0.1) is 0 Å². The van der Waals surface area contributed by atoms with Gasteiger partial charge in [-0.25, -0.2) is 4.98 Å². The Bertz CT molecular complexity index is 854. The van der Waals surface area contributed by atoms with Gasteiger partial charge in [0.05, 0.1) is 36.3 Å². The van der Waals surface area contributed by atoms with Gasteiger partial charge in [-0.1, -0.05) is 11.3 Å². The molecule has 0 radical (unpaired) electrons. The Morgan fingerprint density at radius 1 is 1.15 bits per heavy atom. The number of ether oxygens (including phenoxy) is 2. The van der Waals surface area contributed by atoms with Gasteiger partial charge in [-0.2, -0.15) is 0 Å². The molecule has 2 aliphatic rings. The van der Waals surface area contributed by atoms with E-state index in [1.54, 1.807) is 18.4 Å². The molecule has 0 N–H and O–H groups in total. The van der Waals surface area contributed by atoms with Gasteiger partial charge >= 0.3 is 5.97 Å². The highest BCUT2D eigenvalue weighted by Crippen LogP contribution is 2.35. The first-order valence-electron chi connectivity index (χ1n) is 9.15. The molecule has 3 heterocycles. The van der Waals surface area contributed by atoms with Crippen LogP contribution in [0.15, 0.2) is 18.2 Å². The normalized spacial score (nSPS) is 18.4. The van der Waals surface area contributed by atoms with E-state index in [9.17, 15) is 9.59 Å². The third-order valence-electron chi connectivity index (χ3n) is 5.43. The Hall–Kier alpha value is -2.35. The molecule has 0 aliphatic carbocycles. The fraction of sp³-hybridized carbons (Fsp3) is 0.526. The molecular weight excluding hydrogens is 366 g/mol. The first-order chi connectivity index (χ1) is 13.1. The second-order valence-electron chi connectivity index (χ2n) is 7.05. The summed E-state index contributed by atoms with van der Waals surface area (Å²) in [6, 6.07) is 5.89. The number of carbonyl (C=O) groups excluding carboxylic acids is 2. The van der Waals surface area contributed by atoms with Crippen LogP contribution in [0, 0.1) is 11.8 Å². The number of fused-ring (bicyclic) bond motifs is 1. The summed E-state index contributed by atoms with van der Waals surface area (Å²) in [5, 5.41) is 0.951. The molecule has 2 aliphatic heterocycles. The van der Waals surface area contributed by atoms with Crippen molar-refractivity contribution in [2.75, 3.05) is 45.3 Å². The number of esters is 1. The number of benzene rings is 1. The second kappa shape index (κ2) is 7.34. The molecule has 0 saturated carbocycles. The van der Waals surface area contributed by atoms with Crippen LogP contribution in [0.2, 0.25) is 0 Å². The van der Waals surface area contributed by atoms with Crippen molar-refractivity contribution in [3.05, 3.63) is 18.2 Å². The van der Waals surface area contributed by atoms with Crippen LogP contribution in [-0.4, -0.2) is 62.2 Å². The van der Waals surface area contributed by atoms with Crippen LogP contribution in [-0.2, 0) is 14.3 Å². The van der Waals surface area contributed by atoms with Crippen molar-refractivity contribution in [2.45, 2.75) is 12.8 Å². The maximum Gasteiger partial charge on any atom is 0.308 e. The number of piperidine rings is 1. The number of amides is 1. The van der Waals surface area contributed by atoms with Crippen LogP contribution in [0.5, 0.6) is 5.75 Å². The summed E-state index contributed by atoms with van der Waals surface area (Å²) in [4.78, 5) is 33.0. The standard InChI is InChI=1S/C19H23N3O4S/c1-25-14-3-4-16-15(9-14)20-19(27-16)22-10-13(11-22)17(23)21-7-5-12(6-8-21)18(24)26-2/h3-4,9,12-13H,5-8,10-11H2,1-2H3. The Labute approximate surface area is 161 Å². The lowest BCUT2D eigenvalue weighted by atomic mass is 9.93. The highest BCUT2D eigenvalue weighted by atomic mass is 32.1. The minimum Gasteiger partial charge on any atom is -0.497 e. The fourth-order valence-electron chi connectivity index (χ4n) is 3.71. The number of hydrogen-bond acceptors (Lipinski definition) is 7. The number of hydrogen-bond donors (Lipinski definition) is 0. The molecule has 1 aromatic heterocycles. The second-order valence-corrected chi connectivity index (χ2v) is 8.06. The first kappa shape index (κ1) is 18.0. The van der Waals surface area contributed by atoms with Crippen LogP contribution in [0.25, 0.3) is 10.2 Å². The molecule has 4 rings (SSSR count). The smallest absolute Gasteiger partial charge is 0.308 e. The molecule has 2 aromatic rings. The maximum atomic E-state index is 12.7. The Morgan fingerprint density at radius 2 is 1.89 bits per heavy atom. The van der Waals surface area contributed by atoms with E-state index in [-0.39, 0.29) is 23.7 Å². The topological polar surface area (TPSA) is 72.0 Å². The van der Waals surface area contributed by atoms with Crippen molar-refractivity contribution in [3.63, 3.8) is 0 Å². The van der Waals surface area contributed by atoms with Gasteiger partial charge in [-0.3, -0.25) is 9.59 Å². The van der Waals surface area contributed by atoms with Gasteiger partial charge in [-0.05, 0) is 25.0 Å². The van der Waals surface area contributed by atoms with E-state index in [0.29, 0.717) is 39.0 Å². The SMILES string of the molecule is COC(=O)C1CCN(C(=O)C2CN(c3nc4cc(OC)ccc4s3)C2)CC1. The molecule has 27 heavy (non-hydrogen) atoms. The van der Waals surface area contributed by atoms with Crippen molar-refractivity contribution in [2.24, 2.45) is 11.8 Å². The van der Waals surface area contributed by atoms with Crippen LogP contribution < -0.4 is 9.64 Å². The molecular formula is C19H23N3O4S. The van der Waals surface area contributed by atoms with E-state index in [0.717, 1.165) is 21.1 Å². The summed E-state index contributed by atoms with van der Waals surface area (Å²) in [6.45, 7) is 2.67. The van der Waals surface area contributed by atoms with Gasteiger partial charge in [0.1, 0.15) is 5.75 Å². The predicted octanol–water partition coefficient (Wildman–Crippen LogP) is 2.15. The van der Waals surface area contributed by atoms with Gasteiger partial charge in [0.15, 0.2) is 5.13 Å². The predicted molar refractivity (Wildman–Crippen MR) is 103 cm³/mol. The van der Waals surface area contributed by atoms with Crippen molar-refractivity contribution in [1.29, 1.82) is 0 Å². The van der Waals surface area contributed by atoms with E-state index < -0.39 is 0 Å². The maximum absolute atomic E-state index is 12.7. The monoisotopic (exact) mass is 389 g/mol. The molecule has 0 spiro atoms. The third kappa shape index (κ3) is 3.45. The first-order valence-corrected chi connectivity index (χ1v) is 9.97. The Morgan fingerprint density at radius 3 is 2.56 bits per heavy atom.